The first-order valence-corrected chi connectivity index (χ1v) is 14.2. The molecular formula is C33H34BrOP. The lowest BCUT2D eigenvalue weighted by atomic mass is 9.74. The second-order valence-corrected chi connectivity index (χ2v) is 13.2. The van der Waals surface area contributed by atoms with Crippen LogP contribution in [0.4, 0.5) is 0 Å². The van der Waals surface area contributed by atoms with Crippen molar-refractivity contribution in [2.45, 2.75) is 27.7 Å². The summed E-state index contributed by atoms with van der Waals surface area (Å²) in [6, 6.07) is 32.9. The topological polar surface area (TPSA) is 17.1 Å². The minimum absolute atomic E-state index is 0. The molecule has 1 nitrogen and oxygen atoms in total. The Hall–Kier alpha value is -2.80. The standard InChI is InChI=1S/C33H34OP.BrH/c1-26(20-22-31-27(2)21-23-32(34)33(31,3)4)24-25-35(28-14-8-5-9-15-28,29-16-10-6-11-17-29)30-18-12-7-13-19-30;/h5-24H,25H2,1-4H3;1H/q+1;/p-1. The first kappa shape index (κ1) is 27.8. The zero-order chi connectivity index (χ0) is 24.9. The van der Waals surface area contributed by atoms with Gasteiger partial charge in [-0.2, -0.15) is 0 Å². The van der Waals surface area contributed by atoms with E-state index in [1.807, 2.05) is 19.9 Å². The van der Waals surface area contributed by atoms with Gasteiger partial charge in [-0.3, -0.25) is 4.79 Å². The summed E-state index contributed by atoms with van der Waals surface area (Å²) in [5.74, 6) is 0.159. The zero-order valence-corrected chi connectivity index (χ0v) is 24.0. The van der Waals surface area contributed by atoms with Gasteiger partial charge in [0.1, 0.15) is 23.2 Å². The lowest BCUT2D eigenvalue weighted by Crippen LogP contribution is -3.00. The predicted molar refractivity (Wildman–Crippen MR) is 154 cm³/mol. The Balaban J connectivity index is 0.00000361. The van der Waals surface area contributed by atoms with Crippen LogP contribution in [-0.2, 0) is 4.79 Å². The van der Waals surface area contributed by atoms with E-state index in [9.17, 15) is 4.79 Å². The summed E-state index contributed by atoms with van der Waals surface area (Å²) in [6.45, 7) is 8.27. The Morgan fingerprint density at radius 3 is 1.67 bits per heavy atom. The molecule has 1 aliphatic rings. The third-order valence-electron chi connectivity index (χ3n) is 6.99. The summed E-state index contributed by atoms with van der Waals surface area (Å²) in [4.78, 5) is 12.5. The highest BCUT2D eigenvalue weighted by Gasteiger charge is 2.44. The molecule has 0 saturated heterocycles. The van der Waals surface area contributed by atoms with E-state index in [0.29, 0.717) is 0 Å². The van der Waals surface area contributed by atoms with E-state index in [2.05, 4.69) is 123 Å². The number of ketones is 1. The zero-order valence-electron chi connectivity index (χ0n) is 21.5. The van der Waals surface area contributed by atoms with Crippen LogP contribution in [0.15, 0.2) is 138 Å². The van der Waals surface area contributed by atoms with Crippen molar-refractivity contribution in [3.8, 4) is 0 Å². The molecule has 1 aliphatic carbocycles. The van der Waals surface area contributed by atoms with Crippen LogP contribution in [0.3, 0.4) is 0 Å². The Morgan fingerprint density at radius 1 is 0.778 bits per heavy atom. The van der Waals surface area contributed by atoms with E-state index in [4.69, 9.17) is 0 Å². The van der Waals surface area contributed by atoms with Gasteiger partial charge < -0.3 is 17.0 Å². The van der Waals surface area contributed by atoms with Crippen molar-refractivity contribution < 1.29 is 21.8 Å². The molecule has 0 spiro atoms. The van der Waals surface area contributed by atoms with Gasteiger partial charge in [-0.15, -0.1) is 0 Å². The van der Waals surface area contributed by atoms with Crippen LogP contribution in [0.1, 0.15) is 27.7 Å². The Kier molecular flexibility index (Phi) is 9.23. The molecular weight excluding hydrogens is 523 g/mol. The molecule has 184 valence electrons. The highest BCUT2D eigenvalue weighted by molar-refractivity contribution is 7.95. The molecule has 0 radical (unpaired) electrons. The molecule has 0 saturated carbocycles. The van der Waals surface area contributed by atoms with Gasteiger partial charge in [0.2, 0.25) is 0 Å². The molecule has 0 aliphatic heterocycles. The fraction of sp³-hybridized carbons (Fsp3) is 0.182. The van der Waals surface area contributed by atoms with Crippen molar-refractivity contribution in [3.63, 3.8) is 0 Å². The van der Waals surface area contributed by atoms with Gasteiger partial charge in [0.05, 0.1) is 11.6 Å². The molecule has 3 aromatic carbocycles. The van der Waals surface area contributed by atoms with Gasteiger partial charge in [-0.25, -0.2) is 0 Å². The normalized spacial score (nSPS) is 15.8. The van der Waals surface area contributed by atoms with Gasteiger partial charge in [0.15, 0.2) is 5.78 Å². The maximum Gasteiger partial charge on any atom is 0.165 e. The van der Waals surface area contributed by atoms with E-state index < -0.39 is 12.7 Å². The van der Waals surface area contributed by atoms with E-state index in [1.165, 1.54) is 21.5 Å². The van der Waals surface area contributed by atoms with E-state index >= 15 is 0 Å². The number of halogens is 1. The van der Waals surface area contributed by atoms with Gasteiger partial charge in [0.25, 0.3) is 0 Å². The number of allylic oxidation sites excluding steroid dienone is 8. The molecule has 3 aromatic rings. The van der Waals surface area contributed by atoms with Gasteiger partial charge in [-0.05, 0) is 87.4 Å². The largest absolute Gasteiger partial charge is 1.00 e. The first-order chi connectivity index (χ1) is 16.9. The van der Waals surface area contributed by atoms with Crippen LogP contribution >= 0.6 is 7.26 Å². The van der Waals surface area contributed by atoms with E-state index in [0.717, 1.165) is 17.3 Å². The Labute approximate surface area is 227 Å². The monoisotopic (exact) mass is 556 g/mol. The molecule has 0 N–H and O–H groups in total. The second-order valence-electron chi connectivity index (χ2n) is 9.70. The van der Waals surface area contributed by atoms with Gasteiger partial charge in [-0.1, -0.05) is 78.4 Å². The SMILES string of the molecule is CC(C=CC1=C(C)C=CC(=O)C1(C)C)=CC[P+](c1ccccc1)(c1ccccc1)c1ccccc1.[Br-]. The maximum absolute atomic E-state index is 12.5. The quantitative estimate of drug-likeness (QED) is 0.318. The van der Waals surface area contributed by atoms with Crippen LogP contribution in [0.25, 0.3) is 0 Å². The number of benzene rings is 3. The summed E-state index contributed by atoms with van der Waals surface area (Å²) in [5, 5.41) is 4.15. The Morgan fingerprint density at radius 2 is 1.22 bits per heavy atom. The average molecular weight is 558 g/mol. The number of hydrogen-bond acceptors (Lipinski definition) is 1. The number of carbonyl (C=O) groups excluding carboxylic acids is 1. The van der Waals surface area contributed by atoms with Crippen molar-refractivity contribution in [3.05, 3.63) is 138 Å². The smallest absolute Gasteiger partial charge is 0.165 e. The molecule has 0 bridgehead atoms. The predicted octanol–water partition coefficient (Wildman–Crippen LogP) is 3.97. The summed E-state index contributed by atoms with van der Waals surface area (Å²) in [6.07, 6.45) is 11.2. The molecule has 0 unspecified atom stereocenters. The highest BCUT2D eigenvalue weighted by atomic mass is 79.9. The maximum atomic E-state index is 12.5. The number of carbonyl (C=O) groups is 1. The van der Waals surface area contributed by atoms with Gasteiger partial charge >= 0.3 is 0 Å². The summed E-state index contributed by atoms with van der Waals surface area (Å²) in [5.41, 5.74) is 2.95. The van der Waals surface area contributed by atoms with E-state index in [1.54, 1.807) is 6.08 Å². The molecule has 0 amide bonds. The highest BCUT2D eigenvalue weighted by Crippen LogP contribution is 2.55. The van der Waals surface area contributed by atoms with Crippen molar-refractivity contribution >= 4 is 29.0 Å². The third-order valence-corrected chi connectivity index (χ3v) is 11.3. The number of hydrogen-bond donors (Lipinski definition) is 0. The molecule has 0 heterocycles. The minimum atomic E-state index is -1.90. The lowest BCUT2D eigenvalue weighted by molar-refractivity contribution is -0.120. The number of rotatable bonds is 7. The van der Waals surface area contributed by atoms with Crippen LogP contribution < -0.4 is 32.9 Å². The molecule has 0 atom stereocenters. The van der Waals surface area contributed by atoms with E-state index in [-0.39, 0.29) is 22.8 Å². The molecule has 3 heteroatoms. The fourth-order valence-corrected chi connectivity index (χ4v) is 8.97. The molecule has 36 heavy (non-hydrogen) atoms. The fourth-order valence-electron chi connectivity index (χ4n) is 4.84. The lowest BCUT2D eigenvalue weighted by Gasteiger charge is -2.28. The Bertz CT molecular complexity index is 1200. The molecule has 0 fully saturated rings. The average Bonchev–Trinajstić information content (AvgIpc) is 2.88. The minimum Gasteiger partial charge on any atom is -1.00 e. The van der Waals surface area contributed by atoms with Crippen molar-refractivity contribution in [1.29, 1.82) is 0 Å². The van der Waals surface area contributed by atoms with Crippen molar-refractivity contribution in [2.24, 2.45) is 5.41 Å². The second kappa shape index (κ2) is 12.0. The van der Waals surface area contributed by atoms with Crippen molar-refractivity contribution in [1.82, 2.24) is 0 Å². The first-order valence-electron chi connectivity index (χ1n) is 12.2. The van der Waals surface area contributed by atoms with Crippen molar-refractivity contribution in [2.75, 3.05) is 6.16 Å². The summed E-state index contributed by atoms with van der Waals surface area (Å²) < 4.78 is 0. The van der Waals surface area contributed by atoms with Crippen LogP contribution in [0.2, 0.25) is 0 Å². The molecule has 0 aromatic heterocycles. The summed E-state index contributed by atoms with van der Waals surface area (Å²) in [7, 11) is -1.90. The summed E-state index contributed by atoms with van der Waals surface area (Å²) >= 11 is 0. The third kappa shape index (κ3) is 5.61. The van der Waals surface area contributed by atoms with Gasteiger partial charge in [0, 0.05) is 0 Å². The van der Waals surface area contributed by atoms with Crippen LogP contribution in [0, 0.1) is 5.41 Å². The molecule has 4 rings (SSSR count). The van der Waals surface area contributed by atoms with Crippen LogP contribution in [-0.4, -0.2) is 11.9 Å². The van der Waals surface area contributed by atoms with Crippen LogP contribution in [0.5, 0.6) is 0 Å².